The molecule has 0 aromatic heterocycles. The molecule has 0 aliphatic rings. The van der Waals surface area contributed by atoms with Gasteiger partial charge in [-0.05, 0) is 6.07 Å². The molecular weight excluding hydrogens is 311 g/mol. The van der Waals surface area contributed by atoms with Crippen LogP contribution in [0.5, 0.6) is 5.75 Å². The summed E-state index contributed by atoms with van der Waals surface area (Å²) < 4.78 is 53.4. The Kier molecular flexibility index (Phi) is 4.86. The fourth-order valence-corrected chi connectivity index (χ4v) is 2.43. The average Bonchev–Trinajstić information content (AvgIpc) is 2.08. The minimum absolute atomic E-state index is 0.00296. The largest absolute Gasteiger partial charge is 0.707 e. The summed E-state index contributed by atoms with van der Waals surface area (Å²) in [6.07, 6.45) is 1.82. The van der Waals surface area contributed by atoms with E-state index in [4.69, 9.17) is 10.0 Å². The van der Waals surface area contributed by atoms with E-state index < -0.39 is 27.4 Å². The molecule has 0 radical (unpaired) electrons. The summed E-state index contributed by atoms with van der Waals surface area (Å²) >= 11 is 0. The summed E-state index contributed by atoms with van der Waals surface area (Å²) in [5, 5.41) is 17.4. The first kappa shape index (κ1) is 16.6. The van der Waals surface area contributed by atoms with Crippen LogP contribution in [0.4, 0.5) is 11.4 Å². The lowest BCUT2D eigenvalue weighted by Gasteiger charge is -2.12. The molecule has 12 heteroatoms. The molecular formula is C8H13BN2O7S2. The third-order valence-electron chi connectivity index (χ3n) is 1.75. The SMILES string of the molecule is CS(=O)(=O)Nc1cc(NS(C)(=O)=O)cc(OB(O)O)c1. The average molecular weight is 324 g/mol. The number of rotatable bonds is 6. The minimum atomic E-state index is -3.59. The van der Waals surface area contributed by atoms with Gasteiger partial charge in [-0.25, -0.2) is 16.8 Å². The van der Waals surface area contributed by atoms with E-state index in [0.29, 0.717) is 0 Å². The zero-order chi connectivity index (χ0) is 15.6. The Bertz CT molecular complexity index is 635. The van der Waals surface area contributed by atoms with Gasteiger partial charge in [0.1, 0.15) is 5.75 Å². The van der Waals surface area contributed by atoms with Crippen molar-refractivity contribution >= 4 is 38.7 Å². The summed E-state index contributed by atoms with van der Waals surface area (Å²) in [7, 11) is -9.31. The Balaban J connectivity index is 3.20. The number of hydrogen-bond acceptors (Lipinski definition) is 7. The maximum absolute atomic E-state index is 11.1. The predicted octanol–water partition coefficient (Wildman–Crippen LogP) is -1.22. The van der Waals surface area contributed by atoms with Gasteiger partial charge in [0.15, 0.2) is 0 Å². The van der Waals surface area contributed by atoms with E-state index in [1.807, 2.05) is 0 Å². The molecule has 0 aliphatic carbocycles. The highest BCUT2D eigenvalue weighted by molar-refractivity contribution is 7.92. The molecule has 112 valence electrons. The summed E-state index contributed by atoms with van der Waals surface area (Å²) in [6.45, 7) is 0. The van der Waals surface area contributed by atoms with Crippen LogP contribution in [-0.2, 0) is 20.0 Å². The van der Waals surface area contributed by atoms with Gasteiger partial charge in [-0.15, -0.1) is 0 Å². The Morgan fingerprint density at radius 1 is 0.950 bits per heavy atom. The van der Waals surface area contributed by atoms with Crippen molar-refractivity contribution in [1.82, 2.24) is 0 Å². The zero-order valence-corrected chi connectivity index (χ0v) is 12.2. The molecule has 0 amide bonds. The standard InChI is InChI=1S/C8H13BN2O7S2/c1-19(14,15)10-6-3-7(11-20(2,16)17)5-8(4-6)18-9(12)13/h3-5,10-13H,1-2H3. The first-order valence-electron chi connectivity index (χ1n) is 5.08. The minimum Gasteiger partial charge on any atom is -0.512 e. The summed E-state index contributed by atoms with van der Waals surface area (Å²) in [4.78, 5) is 0. The van der Waals surface area contributed by atoms with Crippen molar-refractivity contribution in [3.63, 3.8) is 0 Å². The molecule has 4 N–H and O–H groups in total. The lowest BCUT2D eigenvalue weighted by molar-refractivity contribution is 0.288. The van der Waals surface area contributed by atoms with Crippen molar-refractivity contribution in [2.45, 2.75) is 0 Å². The van der Waals surface area contributed by atoms with E-state index in [1.54, 1.807) is 0 Å². The van der Waals surface area contributed by atoms with Crippen molar-refractivity contribution in [3.8, 4) is 5.75 Å². The fourth-order valence-electron chi connectivity index (χ4n) is 1.33. The van der Waals surface area contributed by atoms with E-state index in [-0.39, 0.29) is 17.1 Å². The van der Waals surface area contributed by atoms with Crippen LogP contribution in [-0.4, -0.2) is 46.7 Å². The second kappa shape index (κ2) is 5.87. The maximum Gasteiger partial charge on any atom is 0.707 e. The van der Waals surface area contributed by atoms with Crippen LogP contribution in [0.25, 0.3) is 0 Å². The predicted molar refractivity (Wildman–Crippen MR) is 74.2 cm³/mol. The topological polar surface area (TPSA) is 142 Å². The maximum atomic E-state index is 11.1. The molecule has 0 heterocycles. The Labute approximate surface area is 116 Å². The molecule has 20 heavy (non-hydrogen) atoms. The highest BCUT2D eigenvalue weighted by Crippen LogP contribution is 2.26. The van der Waals surface area contributed by atoms with Crippen molar-refractivity contribution in [1.29, 1.82) is 0 Å². The molecule has 0 saturated carbocycles. The van der Waals surface area contributed by atoms with Crippen LogP contribution in [0, 0.1) is 0 Å². The third-order valence-corrected chi connectivity index (χ3v) is 2.97. The van der Waals surface area contributed by atoms with Crippen LogP contribution in [0.3, 0.4) is 0 Å². The summed E-state index contributed by atoms with van der Waals surface area (Å²) in [5.74, 6) is -0.139. The fraction of sp³-hybridized carbons (Fsp3) is 0.250. The molecule has 0 aliphatic heterocycles. The molecule has 1 aromatic carbocycles. The van der Waals surface area contributed by atoms with Crippen molar-refractivity contribution < 1.29 is 31.5 Å². The van der Waals surface area contributed by atoms with Gasteiger partial charge in [0, 0.05) is 12.1 Å². The number of hydrogen-bond donors (Lipinski definition) is 4. The summed E-state index contributed by atoms with van der Waals surface area (Å²) in [6, 6.07) is 3.53. The molecule has 0 bridgehead atoms. The van der Waals surface area contributed by atoms with E-state index in [9.17, 15) is 16.8 Å². The number of nitrogens with one attached hydrogen (secondary N) is 2. The van der Waals surface area contributed by atoms with Crippen LogP contribution < -0.4 is 14.1 Å². The monoisotopic (exact) mass is 324 g/mol. The Hall–Kier alpha value is -1.50. The normalized spacial score (nSPS) is 11.8. The number of anilines is 2. The molecule has 1 aromatic rings. The van der Waals surface area contributed by atoms with Gasteiger partial charge in [-0.3, -0.25) is 9.44 Å². The lowest BCUT2D eigenvalue weighted by atomic mass is 10.2. The van der Waals surface area contributed by atoms with E-state index in [0.717, 1.165) is 24.6 Å². The van der Waals surface area contributed by atoms with Crippen molar-refractivity contribution in [2.24, 2.45) is 0 Å². The second-order valence-electron chi connectivity index (χ2n) is 3.94. The zero-order valence-electron chi connectivity index (χ0n) is 10.6. The van der Waals surface area contributed by atoms with Gasteiger partial charge in [0.05, 0.1) is 23.9 Å². The van der Waals surface area contributed by atoms with E-state index in [2.05, 4.69) is 14.1 Å². The van der Waals surface area contributed by atoms with Gasteiger partial charge < -0.3 is 14.7 Å². The quantitative estimate of drug-likeness (QED) is 0.480. The summed E-state index contributed by atoms with van der Waals surface area (Å²) in [5.41, 5.74) is -0.00593. The molecule has 0 saturated heterocycles. The van der Waals surface area contributed by atoms with Crippen LogP contribution in [0.1, 0.15) is 0 Å². The highest BCUT2D eigenvalue weighted by Gasteiger charge is 2.14. The number of sulfonamides is 2. The first-order valence-corrected chi connectivity index (χ1v) is 8.86. The molecule has 9 nitrogen and oxygen atoms in total. The molecule has 0 atom stereocenters. The van der Waals surface area contributed by atoms with Crippen LogP contribution in [0.15, 0.2) is 18.2 Å². The number of benzene rings is 1. The first-order chi connectivity index (χ1) is 8.94. The van der Waals surface area contributed by atoms with E-state index >= 15 is 0 Å². The van der Waals surface area contributed by atoms with Gasteiger partial charge in [0.2, 0.25) is 20.0 Å². The van der Waals surface area contributed by atoms with Crippen molar-refractivity contribution in [3.05, 3.63) is 18.2 Å². The second-order valence-corrected chi connectivity index (χ2v) is 7.44. The highest BCUT2D eigenvalue weighted by atomic mass is 32.2. The lowest BCUT2D eigenvalue weighted by Crippen LogP contribution is -2.21. The van der Waals surface area contributed by atoms with E-state index in [1.165, 1.54) is 6.07 Å². The van der Waals surface area contributed by atoms with Crippen molar-refractivity contribution in [2.75, 3.05) is 22.0 Å². The van der Waals surface area contributed by atoms with Gasteiger partial charge >= 0.3 is 7.32 Å². The smallest absolute Gasteiger partial charge is 0.512 e. The van der Waals surface area contributed by atoms with Gasteiger partial charge in [-0.1, -0.05) is 0 Å². The van der Waals surface area contributed by atoms with Gasteiger partial charge in [0.25, 0.3) is 0 Å². The Morgan fingerprint density at radius 2 is 1.35 bits per heavy atom. The third kappa shape index (κ3) is 6.61. The molecule has 0 unspecified atom stereocenters. The van der Waals surface area contributed by atoms with Gasteiger partial charge in [-0.2, -0.15) is 0 Å². The Morgan fingerprint density at radius 3 is 1.65 bits per heavy atom. The molecule has 0 spiro atoms. The van der Waals surface area contributed by atoms with Crippen LogP contribution in [0.2, 0.25) is 0 Å². The van der Waals surface area contributed by atoms with Crippen LogP contribution >= 0.6 is 0 Å². The molecule has 1 rings (SSSR count). The molecule has 0 fully saturated rings.